The maximum absolute atomic E-state index is 6.43. The lowest BCUT2D eigenvalue weighted by atomic mass is 10.2. The first kappa shape index (κ1) is 12.3. The Kier molecular flexibility index (Phi) is 3.85. The molecule has 1 aliphatic rings. The van der Waals surface area contributed by atoms with Crippen LogP contribution in [0.25, 0.3) is 0 Å². The second-order valence-corrected chi connectivity index (χ2v) is 5.57. The Morgan fingerprint density at radius 2 is 1.88 bits per heavy atom. The number of nitrogens with two attached hydrogens (primary N) is 1. The largest absolute Gasteiger partial charge is 0.237 e. The Morgan fingerprint density at radius 3 is 2.44 bits per heavy atom. The van der Waals surface area contributed by atoms with Crippen LogP contribution in [0.2, 0.25) is 5.15 Å². The van der Waals surface area contributed by atoms with Gasteiger partial charge < -0.3 is 0 Å². The van der Waals surface area contributed by atoms with Gasteiger partial charge in [-0.05, 0) is 41.6 Å². The Hall–Kier alpha value is -0.160. The second-order valence-electron chi connectivity index (χ2n) is 4.36. The van der Waals surface area contributed by atoms with Crippen LogP contribution in [-0.2, 0) is 0 Å². The number of hydrogen-bond donors (Lipinski definition) is 1. The smallest absolute Gasteiger partial charge is 0.171 e. The van der Waals surface area contributed by atoms with Crippen molar-refractivity contribution in [3.63, 3.8) is 0 Å². The summed E-state index contributed by atoms with van der Waals surface area (Å²) in [6.45, 7) is 1.96. The maximum Gasteiger partial charge on any atom is 0.171 e. The van der Waals surface area contributed by atoms with E-state index in [9.17, 15) is 0 Å². The molecule has 88 valence electrons. The van der Waals surface area contributed by atoms with E-state index < -0.39 is 0 Å². The van der Waals surface area contributed by atoms with Crippen molar-refractivity contribution >= 4 is 33.2 Å². The summed E-state index contributed by atoms with van der Waals surface area (Å²) in [5.41, 5.74) is 1.04. The summed E-state index contributed by atoms with van der Waals surface area (Å²) >= 11 is 9.29. The van der Waals surface area contributed by atoms with E-state index in [1.54, 1.807) is 6.20 Å². The molecule has 0 atom stereocenters. The number of rotatable bonds is 1. The fourth-order valence-corrected chi connectivity index (χ4v) is 2.61. The molecule has 2 heterocycles. The molecule has 1 aromatic heterocycles. The molecule has 0 aromatic carbocycles. The van der Waals surface area contributed by atoms with Gasteiger partial charge in [0, 0.05) is 6.07 Å². The number of hydrogen-bond acceptors (Lipinski definition) is 2. The second kappa shape index (κ2) is 5.00. The van der Waals surface area contributed by atoms with E-state index >= 15 is 0 Å². The molecule has 1 saturated heterocycles. The van der Waals surface area contributed by atoms with Crippen LogP contribution in [0.4, 0.5) is 5.69 Å². The highest BCUT2D eigenvalue weighted by Crippen LogP contribution is 2.29. The Bertz CT molecular complexity index is 375. The molecule has 2 rings (SSSR count). The quantitative estimate of drug-likeness (QED) is 0.491. The minimum absolute atomic E-state index is 0.489. The molecule has 0 aliphatic carbocycles. The van der Waals surface area contributed by atoms with Gasteiger partial charge in [0.2, 0.25) is 0 Å². The van der Waals surface area contributed by atoms with Crippen LogP contribution in [0.1, 0.15) is 25.7 Å². The molecular formula is C11H16BrClN3+. The predicted molar refractivity (Wildman–Crippen MR) is 71.1 cm³/mol. The topological polar surface area (TPSA) is 38.9 Å². The molecule has 0 unspecified atom stereocenters. The van der Waals surface area contributed by atoms with Gasteiger partial charge in [-0.15, -0.1) is 0 Å². The van der Waals surface area contributed by atoms with Crippen molar-refractivity contribution in [1.29, 1.82) is 0 Å². The van der Waals surface area contributed by atoms with Crippen LogP contribution in [-0.4, -0.2) is 18.1 Å². The predicted octanol–water partition coefficient (Wildman–Crippen LogP) is 3.25. The van der Waals surface area contributed by atoms with E-state index in [2.05, 4.69) is 20.9 Å². The molecule has 5 heteroatoms. The molecule has 1 fully saturated rings. The van der Waals surface area contributed by atoms with Crippen molar-refractivity contribution in [3.05, 3.63) is 21.9 Å². The van der Waals surface area contributed by atoms with E-state index in [0.717, 1.165) is 23.2 Å². The Labute approximate surface area is 109 Å². The highest BCUT2D eigenvalue weighted by molar-refractivity contribution is 9.10. The Morgan fingerprint density at radius 1 is 1.25 bits per heavy atom. The van der Waals surface area contributed by atoms with E-state index in [4.69, 9.17) is 17.4 Å². The molecule has 0 amide bonds. The number of pyridine rings is 1. The molecule has 0 bridgehead atoms. The lowest BCUT2D eigenvalue weighted by Gasteiger charge is -2.30. The minimum atomic E-state index is 0.489. The first-order valence-electron chi connectivity index (χ1n) is 5.59. The molecule has 1 aromatic rings. The third kappa shape index (κ3) is 2.56. The van der Waals surface area contributed by atoms with Crippen LogP contribution in [0.5, 0.6) is 0 Å². The van der Waals surface area contributed by atoms with Gasteiger partial charge in [0.25, 0.3) is 0 Å². The average molecular weight is 306 g/mol. The fourth-order valence-electron chi connectivity index (χ4n) is 2.17. The van der Waals surface area contributed by atoms with E-state index in [0.29, 0.717) is 9.75 Å². The third-order valence-corrected chi connectivity index (χ3v) is 4.29. The van der Waals surface area contributed by atoms with Crippen LogP contribution in [0, 0.1) is 0 Å². The number of halogens is 2. The Balaban J connectivity index is 2.29. The highest BCUT2D eigenvalue weighted by atomic mass is 79.9. The lowest BCUT2D eigenvalue weighted by molar-refractivity contribution is 0.291. The first-order valence-corrected chi connectivity index (χ1v) is 6.76. The zero-order valence-electron chi connectivity index (χ0n) is 9.13. The number of nitrogens with zero attached hydrogens (tertiary/aromatic N) is 2. The van der Waals surface area contributed by atoms with Crippen LogP contribution >= 0.6 is 27.5 Å². The van der Waals surface area contributed by atoms with Gasteiger partial charge >= 0.3 is 0 Å². The summed E-state index contributed by atoms with van der Waals surface area (Å²) in [6, 6.07) is 1.99. The molecule has 0 spiro atoms. The normalized spacial score (nSPS) is 20.4. The molecule has 0 radical (unpaired) electrons. The summed E-state index contributed by atoms with van der Waals surface area (Å²) in [7, 11) is 0. The summed E-state index contributed by atoms with van der Waals surface area (Å²) in [5, 5.41) is 0.491. The minimum Gasteiger partial charge on any atom is -0.237 e. The van der Waals surface area contributed by atoms with Gasteiger partial charge in [-0.2, -0.15) is 5.84 Å². The lowest BCUT2D eigenvalue weighted by Crippen LogP contribution is -2.56. The maximum atomic E-state index is 6.43. The third-order valence-electron chi connectivity index (χ3n) is 3.16. The summed E-state index contributed by atoms with van der Waals surface area (Å²) in [4.78, 5) is 4.15. The van der Waals surface area contributed by atoms with Gasteiger partial charge in [0.1, 0.15) is 18.2 Å². The number of aromatic nitrogens is 1. The zero-order valence-corrected chi connectivity index (χ0v) is 11.5. The van der Waals surface area contributed by atoms with Gasteiger partial charge in [-0.25, -0.2) is 9.58 Å². The van der Waals surface area contributed by atoms with E-state index in [1.165, 1.54) is 25.7 Å². The monoisotopic (exact) mass is 304 g/mol. The van der Waals surface area contributed by atoms with Crippen molar-refractivity contribution in [3.8, 4) is 0 Å². The summed E-state index contributed by atoms with van der Waals surface area (Å²) in [5.74, 6) is 6.43. The van der Waals surface area contributed by atoms with Crippen molar-refractivity contribution in [2.75, 3.05) is 13.1 Å². The fraction of sp³-hybridized carbons (Fsp3) is 0.545. The zero-order chi connectivity index (χ0) is 11.6. The highest BCUT2D eigenvalue weighted by Gasteiger charge is 2.28. The van der Waals surface area contributed by atoms with Crippen LogP contribution < -0.4 is 10.4 Å². The van der Waals surface area contributed by atoms with Gasteiger partial charge in [0.05, 0.1) is 10.7 Å². The first-order chi connectivity index (χ1) is 7.62. The van der Waals surface area contributed by atoms with E-state index in [1.807, 2.05) is 6.07 Å². The number of quaternary nitrogens is 1. The molecule has 3 nitrogen and oxygen atoms in total. The van der Waals surface area contributed by atoms with E-state index in [-0.39, 0.29) is 0 Å². The van der Waals surface area contributed by atoms with Gasteiger partial charge in [0.15, 0.2) is 5.69 Å². The van der Waals surface area contributed by atoms with Crippen LogP contribution in [0.3, 0.4) is 0 Å². The summed E-state index contributed by atoms with van der Waals surface area (Å²) in [6.07, 6.45) is 6.70. The average Bonchev–Trinajstić information content (AvgIpc) is 2.48. The molecule has 1 aliphatic heterocycles. The SMILES string of the molecule is N[N+]1(c2cnc(Cl)c(Br)c2)CCCCCC1. The summed E-state index contributed by atoms with van der Waals surface area (Å²) < 4.78 is 1.31. The standard InChI is InChI=1S/C11H16BrClN3/c12-10-7-9(8-15-11(10)13)16(14)5-3-1-2-4-6-16/h7-8H,1-6,14H2/q+1. The molecule has 16 heavy (non-hydrogen) atoms. The van der Waals surface area contributed by atoms with Gasteiger partial charge in [-0.3, -0.25) is 0 Å². The van der Waals surface area contributed by atoms with Crippen molar-refractivity contribution < 1.29 is 0 Å². The molecule has 0 saturated carbocycles. The van der Waals surface area contributed by atoms with Crippen molar-refractivity contribution in [1.82, 2.24) is 9.58 Å². The van der Waals surface area contributed by atoms with Crippen molar-refractivity contribution in [2.45, 2.75) is 25.7 Å². The van der Waals surface area contributed by atoms with Crippen LogP contribution in [0.15, 0.2) is 16.7 Å². The molecule has 2 N–H and O–H groups in total. The van der Waals surface area contributed by atoms with Crippen molar-refractivity contribution in [2.24, 2.45) is 5.84 Å². The molecular weight excluding hydrogens is 289 g/mol. The van der Waals surface area contributed by atoms with Gasteiger partial charge in [-0.1, -0.05) is 11.6 Å².